The number of hydrogen-bond acceptors (Lipinski definition) is 32. The van der Waals surface area contributed by atoms with Crippen molar-refractivity contribution in [1.29, 1.82) is 0 Å². The number of nitrogen functional groups attached to an aromatic ring is 2. The maximum Gasteiger partial charge on any atom is 0.408 e. The van der Waals surface area contributed by atoms with Gasteiger partial charge in [-0.1, -0.05) is 82.4 Å². The normalized spacial score (nSPS) is 27.9. The van der Waals surface area contributed by atoms with Crippen LogP contribution >= 0.6 is 0 Å². The van der Waals surface area contributed by atoms with E-state index in [4.69, 9.17) is 55.1 Å². The topological polar surface area (TPSA) is 483 Å². The molecule has 15 atom stereocenters. The standard InChI is InChI=1S/C95H125N19O18/c1-56-14-10-9-11-15-57(2)76(126-7)46-69-22-17-61(6)95(125,132-69)85(120)89(122)113-27-13-12-16-72(113)90(123)129-77(70(96)43-62-19-23-73(115)78(44-62)127-8)47-74(116)58(3)41-60(5)84(83(119)82(118)59(4)40-56)131-94(124)103-50-64-48-99-92(100-49-64)111-35-33-109(34-36-111)79(117)26-38-128-39-37-108-29-31-110(32-30-108)93-101-51-68(52-102-93)88(121)112-28-25-65-42-63(18-20-67(65)54-112)53-114-87-80(86(97)104-55-105-87)81(107-114)66-21-24-75-71(45-66)106-91(98)130-75/h9-11,14-15,18,20-21,24,41-42,45,48-49,51-52,55-56,58-59,61-62,69-70,72-73,76-78,83-84,115,119,125H,12-13,16-17,19,22-23,25-40,43-44,46-47,50,53-54,96H2,1-8H3,(H2,98,106)(H,103,124)(H2,97,104,105)/b11-9+,14-10+,57-15+,60-41+/t56-,58-,59-,61-,62+,69+,70-,72+,73-,76+,77+,78-,83+,84-,95-/m1/s1. The first-order valence-electron chi connectivity index (χ1n) is 46.1. The third-order valence-electron chi connectivity index (χ3n) is 26.9. The minimum absolute atomic E-state index is 0.00960. The SMILES string of the molecule is CO[C@H]1C[C@@H]2CC[C@@H](C)[C@@](O)(O2)C(=O)C(=O)N2CCCC[C@H]2C(=O)O[C@H]([C@H](N)C[C@@H]2CC[C@@H](O)[C@H](OC)C2)CC(=O)[C@H](C)/C=C(\C)[C@@H](OC(=O)NCc2cnc(N3CCN(C(=O)CCOCCN4CCN(c5ncc(C(=O)N6CCc7cc(Cn8nc(-c9ccc%10oc(N)nc%10c9)c9c(N)ncnc98)ccc7C6)cn5)CC4)CC3)nc2)[C@@H](O)C(=O)[C@H](C)C[C@H](C)/C=C/C=C/C=C/1C. The zero-order valence-corrected chi connectivity index (χ0v) is 76.5. The fourth-order valence-corrected chi connectivity index (χ4v) is 19.0. The minimum Gasteiger partial charge on any atom is -0.459 e. The van der Waals surface area contributed by atoms with Crippen LogP contribution in [0.15, 0.2) is 120 Å². The molecular formula is C95H125N19O18. The van der Waals surface area contributed by atoms with E-state index < -0.39 is 120 Å². The Balaban J connectivity index is 0.534. The molecule has 0 spiro atoms. The number of hydrogen-bond donors (Lipinski definition) is 7. The summed E-state index contributed by atoms with van der Waals surface area (Å²) in [6.45, 7) is 17.6. The van der Waals surface area contributed by atoms with Crippen molar-refractivity contribution in [3.05, 3.63) is 143 Å². The molecular weight excluding hydrogens is 1700 g/mol. The third kappa shape index (κ3) is 23.4. The van der Waals surface area contributed by atoms with Gasteiger partial charge in [0.25, 0.3) is 23.6 Å². The summed E-state index contributed by atoms with van der Waals surface area (Å²) >= 11 is 0. The number of alkyl carbamates (subject to hydrolysis) is 1. The monoisotopic (exact) mass is 1820 g/mol. The van der Waals surface area contributed by atoms with Crippen LogP contribution < -0.4 is 32.3 Å². The number of ketones is 3. The summed E-state index contributed by atoms with van der Waals surface area (Å²) < 4.78 is 43.2. The van der Waals surface area contributed by atoms with Gasteiger partial charge in [-0.05, 0) is 142 Å². The van der Waals surface area contributed by atoms with Crippen LogP contribution in [0.1, 0.15) is 158 Å². The van der Waals surface area contributed by atoms with E-state index in [1.54, 1.807) is 63.6 Å². The quantitative estimate of drug-likeness (QED) is 0.0175. The van der Waals surface area contributed by atoms with Crippen LogP contribution in [0.4, 0.5) is 28.5 Å². The fourth-order valence-electron chi connectivity index (χ4n) is 19.0. The maximum absolute atomic E-state index is 14.7. The average molecular weight is 1820 g/mol. The second kappa shape index (κ2) is 44.0. The first-order chi connectivity index (χ1) is 63.5. The van der Waals surface area contributed by atoms with Gasteiger partial charge in [-0.25, -0.2) is 44.2 Å². The molecule has 2 aromatic carbocycles. The summed E-state index contributed by atoms with van der Waals surface area (Å²) in [4.78, 5) is 157. The molecule has 5 fully saturated rings. The lowest BCUT2D eigenvalue weighted by molar-refractivity contribution is -0.265. The summed E-state index contributed by atoms with van der Waals surface area (Å²) in [5.41, 5.74) is 27.5. The molecule has 4 amide bonds. The summed E-state index contributed by atoms with van der Waals surface area (Å²) in [6.07, 6.45) is 14.9. The first kappa shape index (κ1) is 96.6. The number of amides is 4. The molecule has 708 valence electrons. The Morgan fingerprint density at radius 3 is 2.23 bits per heavy atom. The molecule has 11 heterocycles. The number of aliphatic hydroxyl groups excluding tert-OH is 2. The Labute approximate surface area is 767 Å². The zero-order chi connectivity index (χ0) is 93.6. The lowest BCUT2D eigenvalue weighted by Crippen LogP contribution is -2.61. The number of Topliss-reactive ketones (excluding diaryl/α,β-unsaturated/α-hetero) is 3. The number of allylic oxidation sites excluding steroid dienone is 6. The van der Waals surface area contributed by atoms with Gasteiger partial charge in [0.2, 0.25) is 23.6 Å². The van der Waals surface area contributed by atoms with Gasteiger partial charge < -0.3 is 95.2 Å². The molecule has 132 heavy (non-hydrogen) atoms. The Kier molecular flexibility index (Phi) is 32.2. The molecule has 1 aliphatic carbocycles. The minimum atomic E-state index is -2.52. The molecule has 4 saturated heterocycles. The summed E-state index contributed by atoms with van der Waals surface area (Å²) in [5.74, 6) is -8.54. The number of fused-ring (bicyclic) bond motifs is 6. The van der Waals surface area contributed by atoms with E-state index in [2.05, 4.69) is 62.1 Å². The van der Waals surface area contributed by atoms with Gasteiger partial charge in [0.15, 0.2) is 29.2 Å². The van der Waals surface area contributed by atoms with Crippen molar-refractivity contribution in [2.75, 3.05) is 121 Å². The number of piperidine rings is 1. The predicted octanol–water partition coefficient (Wildman–Crippen LogP) is 6.97. The Bertz CT molecular complexity index is 5380. The molecule has 37 nitrogen and oxygen atoms in total. The highest BCUT2D eigenvalue weighted by atomic mass is 16.6. The van der Waals surface area contributed by atoms with Gasteiger partial charge in [-0.3, -0.25) is 33.7 Å². The molecule has 7 aliphatic rings. The van der Waals surface area contributed by atoms with E-state index in [9.17, 15) is 53.7 Å². The van der Waals surface area contributed by atoms with Crippen LogP contribution in [0.25, 0.3) is 33.4 Å². The largest absolute Gasteiger partial charge is 0.459 e. The van der Waals surface area contributed by atoms with Gasteiger partial charge in [0.05, 0.1) is 61.5 Å². The van der Waals surface area contributed by atoms with Crippen molar-refractivity contribution in [1.82, 2.24) is 69.6 Å². The summed E-state index contributed by atoms with van der Waals surface area (Å²) in [5, 5.41) is 43.2. The molecule has 6 aliphatic heterocycles. The molecule has 37 heteroatoms. The maximum atomic E-state index is 14.7. The highest BCUT2D eigenvalue weighted by molar-refractivity contribution is 6.39. The summed E-state index contributed by atoms with van der Waals surface area (Å²) in [6, 6.07) is 9.61. The van der Waals surface area contributed by atoms with Crippen LogP contribution in [0.2, 0.25) is 0 Å². The van der Waals surface area contributed by atoms with Crippen molar-refractivity contribution in [3.8, 4) is 11.3 Å². The van der Waals surface area contributed by atoms with E-state index in [1.165, 1.54) is 26.4 Å². The predicted molar refractivity (Wildman–Crippen MR) is 488 cm³/mol. The number of carbonyl (C=O) groups excluding carboxylic acids is 8. The number of piperazine rings is 2. The van der Waals surface area contributed by atoms with E-state index in [-0.39, 0.29) is 80.6 Å². The average Bonchev–Trinajstić information content (AvgIpc) is 1.55. The highest BCUT2D eigenvalue weighted by Gasteiger charge is 2.53. The molecule has 0 radical (unpaired) electrons. The first-order valence-corrected chi connectivity index (χ1v) is 46.1. The Morgan fingerprint density at radius 1 is 0.742 bits per heavy atom. The molecule has 5 aromatic heterocycles. The van der Waals surface area contributed by atoms with Crippen LogP contribution in [-0.4, -0.2) is 287 Å². The number of rotatable bonds is 20. The fraction of sp³-hybridized carbons (Fsp3) is 0.558. The number of aliphatic hydroxyl groups is 3. The molecule has 2 bridgehead atoms. The van der Waals surface area contributed by atoms with Gasteiger partial charge in [0.1, 0.15) is 41.3 Å². The molecule has 0 unspecified atom stereocenters. The number of oxazole rings is 1. The number of carbonyl (C=O) groups is 8. The van der Waals surface area contributed by atoms with Crippen LogP contribution in [0.3, 0.4) is 0 Å². The second-order valence-corrected chi connectivity index (χ2v) is 36.3. The number of nitrogens with one attached hydrogen (secondary N) is 1. The number of ether oxygens (including phenoxy) is 6. The second-order valence-electron chi connectivity index (χ2n) is 36.3. The van der Waals surface area contributed by atoms with Crippen LogP contribution in [0.5, 0.6) is 0 Å². The Morgan fingerprint density at radius 2 is 1.48 bits per heavy atom. The third-order valence-corrected chi connectivity index (χ3v) is 26.9. The molecule has 1 saturated carbocycles. The van der Waals surface area contributed by atoms with Crippen LogP contribution in [-0.2, 0) is 83.2 Å². The van der Waals surface area contributed by atoms with Crippen LogP contribution in [0, 0.1) is 29.6 Å². The number of nitrogens with two attached hydrogens (primary N) is 3. The number of benzene rings is 2. The lowest BCUT2D eigenvalue weighted by Gasteiger charge is -2.42. The highest BCUT2D eigenvalue weighted by Crippen LogP contribution is 2.39. The van der Waals surface area contributed by atoms with Crippen molar-refractivity contribution < 1.29 is 86.5 Å². The van der Waals surface area contributed by atoms with Crippen molar-refractivity contribution in [2.24, 2.45) is 35.3 Å². The smallest absolute Gasteiger partial charge is 0.408 e. The number of cyclic esters (lactones) is 1. The number of aromatic nitrogens is 9. The van der Waals surface area contributed by atoms with E-state index in [0.717, 1.165) is 45.8 Å². The molecule has 10 N–H and O–H groups in total. The van der Waals surface area contributed by atoms with Gasteiger partial charge >= 0.3 is 12.1 Å². The van der Waals surface area contributed by atoms with E-state index >= 15 is 0 Å². The molecule has 7 aromatic rings. The van der Waals surface area contributed by atoms with Crippen molar-refractivity contribution >= 4 is 93.0 Å². The zero-order valence-electron chi connectivity index (χ0n) is 76.5. The number of nitrogens with zero attached hydrogens (tertiary/aromatic N) is 15. The number of anilines is 4. The number of esters is 1. The molecule has 14 rings (SSSR count). The van der Waals surface area contributed by atoms with Crippen molar-refractivity contribution in [2.45, 2.75) is 212 Å². The Hall–Kier alpha value is -11.4. The van der Waals surface area contributed by atoms with Gasteiger partial charge in [-0.15, -0.1) is 0 Å². The van der Waals surface area contributed by atoms with E-state index in [0.29, 0.717) is 187 Å². The van der Waals surface area contributed by atoms with Crippen molar-refractivity contribution in [3.63, 3.8) is 0 Å². The number of methoxy groups -OCH3 is 2. The van der Waals surface area contributed by atoms with Gasteiger partial charge in [0, 0.05) is 172 Å². The lowest BCUT2D eigenvalue weighted by atomic mass is 9.80. The van der Waals surface area contributed by atoms with E-state index in [1.807, 2.05) is 76.9 Å². The summed E-state index contributed by atoms with van der Waals surface area (Å²) in [7, 11) is 3.06. The van der Waals surface area contributed by atoms with Gasteiger partial charge in [-0.2, -0.15) is 10.1 Å².